The fraction of sp³-hybridized carbons (Fsp3) is 0.947. The van der Waals surface area contributed by atoms with Gasteiger partial charge in [-0.3, -0.25) is 14.8 Å². The number of halogens is 1. The van der Waals surface area contributed by atoms with Crippen LogP contribution in [-0.4, -0.2) is 86.9 Å². The molecule has 2 bridgehead atoms. The van der Waals surface area contributed by atoms with Crippen LogP contribution in [0.5, 0.6) is 0 Å². The van der Waals surface area contributed by atoms with Crippen molar-refractivity contribution < 1.29 is 4.74 Å². The Morgan fingerprint density at radius 1 is 1.15 bits per heavy atom. The molecule has 0 spiro atoms. The Bertz CT molecular complexity index is 463. The number of fused-ring (bicyclic) bond motifs is 3. The Morgan fingerprint density at radius 3 is 2.35 bits per heavy atom. The number of hydrogen-bond donors (Lipinski definition) is 2. The van der Waals surface area contributed by atoms with Gasteiger partial charge in [-0.05, 0) is 26.2 Å². The van der Waals surface area contributed by atoms with Crippen molar-refractivity contribution in [3.63, 3.8) is 0 Å². The number of hydrogen-bond acceptors (Lipinski definition) is 4. The first-order chi connectivity index (χ1) is 12.2. The van der Waals surface area contributed by atoms with Crippen LogP contribution in [0.3, 0.4) is 0 Å². The van der Waals surface area contributed by atoms with E-state index in [9.17, 15) is 0 Å². The lowest BCUT2D eigenvalue weighted by molar-refractivity contribution is -0.133. The molecule has 4 rings (SSSR count). The van der Waals surface area contributed by atoms with Gasteiger partial charge >= 0.3 is 0 Å². The largest absolute Gasteiger partial charge is 0.378 e. The molecule has 0 aromatic rings. The number of rotatable bonds is 7. The summed E-state index contributed by atoms with van der Waals surface area (Å²) in [7, 11) is 1.88. The molecule has 1 saturated carbocycles. The SMILES string of the molecule is CCOC1CC(NC(=NC)NCC2CN3CCN2CC3)C1(CC)CC.I. The highest BCUT2D eigenvalue weighted by atomic mass is 127. The van der Waals surface area contributed by atoms with Crippen LogP contribution in [0.25, 0.3) is 0 Å². The Balaban J connectivity index is 0.00000243. The smallest absolute Gasteiger partial charge is 0.191 e. The first kappa shape index (κ1) is 22.2. The van der Waals surface area contributed by atoms with Gasteiger partial charge < -0.3 is 15.4 Å². The highest BCUT2D eigenvalue weighted by Gasteiger charge is 2.53. The summed E-state index contributed by atoms with van der Waals surface area (Å²) in [6.45, 7) is 14.6. The van der Waals surface area contributed by atoms with E-state index in [1.54, 1.807) is 0 Å². The molecule has 1 aliphatic carbocycles. The molecule has 3 saturated heterocycles. The van der Waals surface area contributed by atoms with E-state index in [0.29, 0.717) is 18.2 Å². The van der Waals surface area contributed by atoms with Crippen LogP contribution in [0.2, 0.25) is 0 Å². The Kier molecular flexibility index (Phi) is 8.43. The van der Waals surface area contributed by atoms with E-state index in [1.807, 2.05) is 7.05 Å². The van der Waals surface area contributed by atoms with Gasteiger partial charge in [0.2, 0.25) is 0 Å². The molecule has 26 heavy (non-hydrogen) atoms. The number of piperazine rings is 3. The van der Waals surface area contributed by atoms with E-state index in [0.717, 1.165) is 38.4 Å². The van der Waals surface area contributed by atoms with Crippen molar-refractivity contribution >= 4 is 29.9 Å². The lowest BCUT2D eigenvalue weighted by Crippen LogP contribution is -2.67. The summed E-state index contributed by atoms with van der Waals surface area (Å²) in [6.07, 6.45) is 3.76. The van der Waals surface area contributed by atoms with E-state index >= 15 is 0 Å². The number of nitrogens with zero attached hydrogens (tertiary/aromatic N) is 3. The number of guanidine groups is 1. The zero-order valence-corrected chi connectivity index (χ0v) is 19.3. The summed E-state index contributed by atoms with van der Waals surface area (Å²) in [5.41, 5.74) is 0.243. The Morgan fingerprint density at radius 2 is 1.85 bits per heavy atom. The van der Waals surface area contributed by atoms with Crippen LogP contribution in [-0.2, 0) is 4.74 Å². The van der Waals surface area contributed by atoms with Crippen LogP contribution >= 0.6 is 24.0 Å². The van der Waals surface area contributed by atoms with E-state index < -0.39 is 0 Å². The van der Waals surface area contributed by atoms with Crippen LogP contribution < -0.4 is 10.6 Å². The molecule has 3 unspecified atom stereocenters. The minimum absolute atomic E-state index is 0. The zero-order chi connectivity index (χ0) is 17.9. The van der Waals surface area contributed by atoms with Gasteiger partial charge in [0, 0.05) is 70.4 Å². The molecule has 2 N–H and O–H groups in total. The molecule has 7 heteroatoms. The third-order valence-corrected chi connectivity index (χ3v) is 6.90. The molecule has 0 aromatic carbocycles. The van der Waals surface area contributed by atoms with E-state index in [4.69, 9.17) is 4.74 Å². The maximum atomic E-state index is 6.00. The molecule has 0 radical (unpaired) electrons. The molecule has 152 valence electrons. The summed E-state index contributed by atoms with van der Waals surface area (Å²) in [6, 6.07) is 1.07. The highest BCUT2D eigenvalue weighted by molar-refractivity contribution is 14.0. The fourth-order valence-electron chi connectivity index (χ4n) is 5.08. The highest BCUT2D eigenvalue weighted by Crippen LogP contribution is 2.48. The monoisotopic (exact) mass is 479 g/mol. The van der Waals surface area contributed by atoms with Gasteiger partial charge in [0.15, 0.2) is 5.96 Å². The Labute approximate surface area is 176 Å². The van der Waals surface area contributed by atoms with Gasteiger partial charge in [-0.2, -0.15) is 0 Å². The Hall–Kier alpha value is -0.120. The second-order valence-electron chi connectivity index (χ2n) is 7.76. The van der Waals surface area contributed by atoms with Crippen molar-refractivity contribution in [2.45, 2.75) is 58.2 Å². The summed E-state index contributed by atoms with van der Waals surface area (Å²) >= 11 is 0. The van der Waals surface area contributed by atoms with Crippen LogP contribution in [0, 0.1) is 5.41 Å². The maximum absolute atomic E-state index is 6.00. The third-order valence-electron chi connectivity index (χ3n) is 6.90. The van der Waals surface area contributed by atoms with Gasteiger partial charge in [-0.25, -0.2) is 0 Å². The topological polar surface area (TPSA) is 52.1 Å². The van der Waals surface area contributed by atoms with E-state index in [1.165, 1.54) is 32.7 Å². The van der Waals surface area contributed by atoms with Gasteiger partial charge in [0.1, 0.15) is 0 Å². The number of aliphatic imine (C=N–C) groups is 1. The van der Waals surface area contributed by atoms with Crippen molar-refractivity contribution in [3.05, 3.63) is 0 Å². The normalized spacial score (nSPS) is 35.4. The van der Waals surface area contributed by atoms with Gasteiger partial charge in [-0.1, -0.05) is 13.8 Å². The zero-order valence-electron chi connectivity index (χ0n) is 17.0. The summed E-state index contributed by atoms with van der Waals surface area (Å²) in [5.74, 6) is 0.948. The standard InChI is InChI=1S/C19H37N5O.HI/c1-5-19(6-2)16(12-17(19)25-7-3)22-18(20-4)21-13-15-14-23-8-10-24(15)11-9-23;/h15-17H,5-14H2,1-4H3,(H2,20,21,22);1H. The minimum Gasteiger partial charge on any atom is -0.378 e. The maximum Gasteiger partial charge on any atom is 0.191 e. The second kappa shape index (κ2) is 9.89. The van der Waals surface area contributed by atoms with Gasteiger partial charge in [0.05, 0.1) is 6.10 Å². The van der Waals surface area contributed by atoms with Crippen molar-refractivity contribution in [3.8, 4) is 0 Å². The summed E-state index contributed by atoms with van der Waals surface area (Å²) < 4.78 is 6.00. The van der Waals surface area contributed by atoms with Crippen LogP contribution in [0.1, 0.15) is 40.0 Å². The number of ether oxygens (including phenoxy) is 1. The van der Waals surface area contributed by atoms with Crippen molar-refractivity contribution in [1.29, 1.82) is 0 Å². The lowest BCUT2D eigenvalue weighted by Gasteiger charge is -2.55. The molecule has 4 aliphatic rings. The average Bonchev–Trinajstić information content (AvgIpc) is 2.65. The van der Waals surface area contributed by atoms with Gasteiger partial charge in [0.25, 0.3) is 0 Å². The molecule has 0 amide bonds. The predicted molar refractivity (Wildman–Crippen MR) is 119 cm³/mol. The predicted octanol–water partition coefficient (Wildman–Crippen LogP) is 1.75. The third kappa shape index (κ3) is 4.31. The first-order valence-corrected chi connectivity index (χ1v) is 10.2. The van der Waals surface area contributed by atoms with Gasteiger partial charge in [-0.15, -0.1) is 24.0 Å². The molecule has 0 aromatic heterocycles. The summed E-state index contributed by atoms with van der Waals surface area (Å²) in [4.78, 5) is 9.69. The van der Waals surface area contributed by atoms with Crippen LogP contribution in [0.15, 0.2) is 4.99 Å². The van der Waals surface area contributed by atoms with Crippen LogP contribution in [0.4, 0.5) is 0 Å². The second-order valence-corrected chi connectivity index (χ2v) is 7.76. The molecule has 3 atom stereocenters. The average molecular weight is 479 g/mol. The first-order valence-electron chi connectivity index (χ1n) is 10.2. The molecule has 4 fully saturated rings. The van der Waals surface area contributed by atoms with E-state index in [2.05, 4.69) is 46.2 Å². The molecular formula is C19H38IN5O. The van der Waals surface area contributed by atoms with Crippen molar-refractivity contribution in [1.82, 2.24) is 20.4 Å². The van der Waals surface area contributed by atoms with Crippen molar-refractivity contribution in [2.24, 2.45) is 10.4 Å². The molecule has 3 heterocycles. The summed E-state index contributed by atoms with van der Waals surface area (Å²) in [5, 5.41) is 7.28. The molecular weight excluding hydrogens is 441 g/mol. The molecule has 6 nitrogen and oxygen atoms in total. The fourth-order valence-corrected chi connectivity index (χ4v) is 5.08. The minimum atomic E-state index is 0. The lowest BCUT2D eigenvalue weighted by atomic mass is 9.58. The molecule has 3 aliphatic heterocycles. The quantitative estimate of drug-likeness (QED) is 0.331. The van der Waals surface area contributed by atoms with Crippen molar-refractivity contribution in [2.75, 3.05) is 52.9 Å². The van der Waals surface area contributed by atoms with E-state index in [-0.39, 0.29) is 29.4 Å². The number of nitrogens with one attached hydrogen (secondary N) is 2.